The number of hydrogen-bond donors (Lipinski definition) is 3. The van der Waals surface area contributed by atoms with Crippen molar-refractivity contribution in [2.45, 2.75) is 19.8 Å². The van der Waals surface area contributed by atoms with Crippen molar-refractivity contribution in [3.63, 3.8) is 0 Å². The van der Waals surface area contributed by atoms with E-state index in [1.54, 1.807) is 43.3 Å². The molecule has 2 rings (SSSR count). The molecule has 0 aromatic heterocycles. The van der Waals surface area contributed by atoms with Gasteiger partial charge in [-0.1, -0.05) is 30.3 Å². The molecular formula is C18H19N3O3. The molecule has 24 heavy (non-hydrogen) atoms. The summed E-state index contributed by atoms with van der Waals surface area (Å²) in [5.74, 6) is -0.513. The van der Waals surface area contributed by atoms with Gasteiger partial charge >= 0.3 is 0 Å². The number of para-hydroxylation sites is 2. The summed E-state index contributed by atoms with van der Waals surface area (Å²) in [5, 5.41) is 16.4. The third-order valence-electron chi connectivity index (χ3n) is 3.28. The summed E-state index contributed by atoms with van der Waals surface area (Å²) in [7, 11) is 0. The smallest absolute Gasteiger partial charge is 0.240 e. The number of phenolic OH excluding ortho intramolecular Hbond substituents is 1. The van der Waals surface area contributed by atoms with E-state index in [0.717, 1.165) is 0 Å². The van der Waals surface area contributed by atoms with E-state index < -0.39 is 0 Å². The molecule has 0 atom stereocenters. The van der Waals surface area contributed by atoms with Crippen molar-refractivity contribution in [1.82, 2.24) is 5.43 Å². The van der Waals surface area contributed by atoms with Crippen molar-refractivity contribution in [3.05, 3.63) is 60.2 Å². The molecule has 2 amide bonds. The van der Waals surface area contributed by atoms with Crippen LogP contribution in [0.5, 0.6) is 5.75 Å². The number of nitrogens with one attached hydrogen (secondary N) is 2. The van der Waals surface area contributed by atoms with Gasteiger partial charge in [-0.25, -0.2) is 5.43 Å². The third kappa shape index (κ3) is 5.24. The van der Waals surface area contributed by atoms with Crippen LogP contribution in [0.1, 0.15) is 25.3 Å². The van der Waals surface area contributed by atoms with Gasteiger partial charge in [-0.2, -0.15) is 5.10 Å². The van der Waals surface area contributed by atoms with Gasteiger partial charge < -0.3 is 10.4 Å². The SMILES string of the molecule is C/C(=N/NC(=O)CCC(=O)Nc1ccccc1)c1ccccc1O. The van der Waals surface area contributed by atoms with Crippen LogP contribution in [0.25, 0.3) is 0 Å². The highest BCUT2D eigenvalue weighted by molar-refractivity contribution is 6.01. The molecule has 6 heteroatoms. The normalized spacial score (nSPS) is 11.0. The van der Waals surface area contributed by atoms with Crippen LogP contribution in [0.3, 0.4) is 0 Å². The van der Waals surface area contributed by atoms with Gasteiger partial charge in [0.25, 0.3) is 0 Å². The molecule has 0 saturated carbocycles. The highest BCUT2D eigenvalue weighted by Crippen LogP contribution is 2.16. The van der Waals surface area contributed by atoms with Crippen LogP contribution in [0.2, 0.25) is 0 Å². The number of rotatable bonds is 6. The first-order valence-corrected chi connectivity index (χ1v) is 7.52. The molecule has 0 saturated heterocycles. The topological polar surface area (TPSA) is 90.8 Å². The summed E-state index contributed by atoms with van der Waals surface area (Å²) in [6.45, 7) is 1.68. The number of carbonyl (C=O) groups excluding carboxylic acids is 2. The van der Waals surface area contributed by atoms with E-state index in [0.29, 0.717) is 17.0 Å². The van der Waals surface area contributed by atoms with E-state index in [-0.39, 0.29) is 30.4 Å². The molecule has 124 valence electrons. The third-order valence-corrected chi connectivity index (χ3v) is 3.28. The summed E-state index contributed by atoms with van der Waals surface area (Å²) in [6.07, 6.45) is 0.0854. The lowest BCUT2D eigenvalue weighted by atomic mass is 10.1. The molecule has 0 radical (unpaired) electrons. The summed E-state index contributed by atoms with van der Waals surface area (Å²) in [5.41, 5.74) is 4.10. The lowest BCUT2D eigenvalue weighted by molar-refractivity contribution is -0.124. The summed E-state index contributed by atoms with van der Waals surface area (Å²) in [4.78, 5) is 23.5. The largest absolute Gasteiger partial charge is 0.507 e. The Morgan fingerprint density at radius 1 is 0.958 bits per heavy atom. The van der Waals surface area contributed by atoms with E-state index in [1.807, 2.05) is 18.2 Å². The summed E-state index contributed by atoms with van der Waals surface area (Å²) >= 11 is 0. The standard InChI is InChI=1S/C18H19N3O3/c1-13(15-9-5-6-10-16(15)22)20-21-18(24)12-11-17(23)19-14-7-3-2-4-8-14/h2-10,22H,11-12H2,1H3,(H,19,23)(H,21,24)/b20-13-. The van der Waals surface area contributed by atoms with Crippen LogP contribution < -0.4 is 10.7 Å². The van der Waals surface area contributed by atoms with E-state index in [1.165, 1.54) is 0 Å². The van der Waals surface area contributed by atoms with Crippen LogP contribution in [-0.2, 0) is 9.59 Å². The Balaban J connectivity index is 1.80. The molecule has 0 aliphatic heterocycles. The summed E-state index contributed by atoms with van der Waals surface area (Å²) in [6, 6.07) is 15.8. The van der Waals surface area contributed by atoms with Crippen LogP contribution in [-0.4, -0.2) is 22.6 Å². The van der Waals surface area contributed by atoms with Gasteiger partial charge in [0.05, 0.1) is 5.71 Å². The van der Waals surface area contributed by atoms with E-state index in [4.69, 9.17) is 0 Å². The maximum atomic E-state index is 11.8. The average molecular weight is 325 g/mol. The Morgan fingerprint density at radius 3 is 2.29 bits per heavy atom. The first-order valence-electron chi connectivity index (χ1n) is 7.52. The Bertz CT molecular complexity index is 742. The summed E-state index contributed by atoms with van der Waals surface area (Å²) < 4.78 is 0. The first-order chi connectivity index (χ1) is 11.6. The van der Waals surface area contributed by atoms with Gasteiger partial charge in [-0.3, -0.25) is 9.59 Å². The van der Waals surface area contributed by atoms with E-state index in [9.17, 15) is 14.7 Å². The average Bonchev–Trinajstić information content (AvgIpc) is 2.59. The zero-order chi connectivity index (χ0) is 17.4. The Kier molecular flexibility index (Phi) is 6.08. The first kappa shape index (κ1) is 17.2. The minimum absolute atomic E-state index is 0.0240. The van der Waals surface area contributed by atoms with Crippen LogP contribution in [0.4, 0.5) is 5.69 Å². The predicted octanol–water partition coefficient (Wildman–Crippen LogP) is 2.65. The fraction of sp³-hybridized carbons (Fsp3) is 0.167. The minimum Gasteiger partial charge on any atom is -0.507 e. The lowest BCUT2D eigenvalue weighted by Gasteiger charge is -2.06. The van der Waals surface area contributed by atoms with E-state index in [2.05, 4.69) is 15.8 Å². The molecule has 2 aromatic carbocycles. The number of nitrogens with zero attached hydrogens (tertiary/aromatic N) is 1. The Morgan fingerprint density at radius 2 is 1.58 bits per heavy atom. The van der Waals surface area contributed by atoms with Crippen molar-refractivity contribution in [3.8, 4) is 5.75 Å². The zero-order valence-corrected chi connectivity index (χ0v) is 13.3. The molecule has 0 bridgehead atoms. The Hall–Kier alpha value is -3.15. The highest BCUT2D eigenvalue weighted by atomic mass is 16.3. The maximum absolute atomic E-state index is 11.8. The number of aromatic hydroxyl groups is 1. The molecule has 3 N–H and O–H groups in total. The second-order valence-electron chi connectivity index (χ2n) is 5.16. The van der Waals surface area contributed by atoms with Gasteiger partial charge in [0.15, 0.2) is 0 Å². The predicted molar refractivity (Wildman–Crippen MR) is 92.8 cm³/mol. The number of phenols is 1. The van der Waals surface area contributed by atoms with Gasteiger partial charge in [-0.15, -0.1) is 0 Å². The Labute approximate surface area is 140 Å². The van der Waals surface area contributed by atoms with Gasteiger partial charge in [-0.05, 0) is 31.2 Å². The molecule has 0 heterocycles. The maximum Gasteiger partial charge on any atom is 0.240 e. The molecule has 0 fully saturated rings. The zero-order valence-electron chi connectivity index (χ0n) is 13.3. The number of carbonyl (C=O) groups is 2. The second-order valence-corrected chi connectivity index (χ2v) is 5.16. The highest BCUT2D eigenvalue weighted by Gasteiger charge is 2.08. The number of hydrazone groups is 1. The van der Waals surface area contributed by atoms with Crippen molar-refractivity contribution in [1.29, 1.82) is 0 Å². The fourth-order valence-electron chi connectivity index (χ4n) is 2.01. The van der Waals surface area contributed by atoms with Crippen LogP contribution in [0, 0.1) is 0 Å². The lowest BCUT2D eigenvalue weighted by Crippen LogP contribution is -2.21. The van der Waals surface area contributed by atoms with Crippen molar-refractivity contribution >= 4 is 23.2 Å². The minimum atomic E-state index is -0.368. The molecule has 6 nitrogen and oxygen atoms in total. The monoisotopic (exact) mass is 325 g/mol. The van der Waals surface area contributed by atoms with Crippen molar-refractivity contribution in [2.24, 2.45) is 5.10 Å². The fourth-order valence-corrected chi connectivity index (χ4v) is 2.01. The number of hydrogen-bond acceptors (Lipinski definition) is 4. The van der Waals surface area contributed by atoms with Crippen LogP contribution in [0.15, 0.2) is 59.7 Å². The molecule has 0 aliphatic carbocycles. The van der Waals surface area contributed by atoms with Crippen molar-refractivity contribution in [2.75, 3.05) is 5.32 Å². The molecular weight excluding hydrogens is 306 g/mol. The quantitative estimate of drug-likeness (QED) is 0.563. The van der Waals surface area contributed by atoms with Gasteiger partial charge in [0.1, 0.15) is 5.75 Å². The molecule has 2 aromatic rings. The second kappa shape index (κ2) is 8.47. The molecule has 0 aliphatic rings. The van der Waals surface area contributed by atoms with Gasteiger partial charge in [0.2, 0.25) is 11.8 Å². The molecule has 0 unspecified atom stereocenters. The number of amides is 2. The molecule has 0 spiro atoms. The van der Waals surface area contributed by atoms with E-state index >= 15 is 0 Å². The van der Waals surface area contributed by atoms with Crippen molar-refractivity contribution < 1.29 is 14.7 Å². The number of benzene rings is 2. The van der Waals surface area contributed by atoms with Gasteiger partial charge in [0, 0.05) is 24.1 Å². The number of anilines is 1. The van der Waals surface area contributed by atoms with Crippen LogP contribution >= 0.6 is 0 Å².